The van der Waals surface area contributed by atoms with Crippen molar-refractivity contribution < 1.29 is 78.3 Å². The second-order valence-corrected chi connectivity index (χ2v) is 13.4. The zero-order chi connectivity index (χ0) is 44.8. The van der Waals surface area contributed by atoms with Crippen LogP contribution in [0.4, 0.5) is 30.7 Å². The standard InChI is InChI=1S/C44H47F7O10/c1-3-37(52)58-27-11-7-5-9-25-56-32-18-13-30(14-19-32)15-23-39(54)60-35-21-22-36(42(44(49,50)51)41(35)43(46,47)48)61-40(55)24-17-31-16-20-33(29-34(31)45)57-26-10-6-8-12-28-59-38(53)4-2/h3-4,13-14,16,18-22,29H,1-2,5-12,15,17,23-28H2. The van der Waals surface area contributed by atoms with Gasteiger partial charge in [0, 0.05) is 24.6 Å². The molecule has 0 saturated carbocycles. The molecule has 17 heteroatoms. The van der Waals surface area contributed by atoms with Crippen LogP contribution in [0.2, 0.25) is 0 Å². The number of hydrogen-bond donors (Lipinski definition) is 0. The predicted molar refractivity (Wildman–Crippen MR) is 207 cm³/mol. The lowest BCUT2D eigenvalue weighted by molar-refractivity contribution is -0.165. The average Bonchev–Trinajstić information content (AvgIpc) is 3.21. The van der Waals surface area contributed by atoms with Crippen molar-refractivity contribution in [3.05, 3.63) is 108 Å². The van der Waals surface area contributed by atoms with E-state index in [1.54, 1.807) is 24.3 Å². The van der Waals surface area contributed by atoms with E-state index in [4.69, 9.17) is 28.4 Å². The number of ether oxygens (including phenoxy) is 6. The first-order valence-corrected chi connectivity index (χ1v) is 19.5. The van der Waals surface area contributed by atoms with Gasteiger partial charge < -0.3 is 28.4 Å². The van der Waals surface area contributed by atoms with Gasteiger partial charge in [0.15, 0.2) is 0 Å². The van der Waals surface area contributed by atoms with E-state index in [9.17, 15) is 49.9 Å². The number of aryl methyl sites for hydroxylation is 2. The summed E-state index contributed by atoms with van der Waals surface area (Å²) in [6, 6.07) is 11.1. The van der Waals surface area contributed by atoms with Crippen molar-refractivity contribution in [1.29, 1.82) is 0 Å². The minimum Gasteiger partial charge on any atom is -0.494 e. The number of rotatable bonds is 26. The molecule has 0 N–H and O–H groups in total. The number of halogens is 7. The molecule has 0 saturated heterocycles. The van der Waals surface area contributed by atoms with Gasteiger partial charge in [-0.1, -0.05) is 31.4 Å². The Morgan fingerprint density at radius 3 is 1.41 bits per heavy atom. The van der Waals surface area contributed by atoms with Gasteiger partial charge in [-0.15, -0.1) is 0 Å². The van der Waals surface area contributed by atoms with Gasteiger partial charge in [0.1, 0.15) is 39.9 Å². The molecular formula is C44H47F7O10. The molecule has 0 aliphatic carbocycles. The van der Waals surface area contributed by atoms with E-state index in [1.807, 2.05) is 0 Å². The first kappa shape index (κ1) is 49.5. The van der Waals surface area contributed by atoms with Crippen LogP contribution in [-0.4, -0.2) is 50.3 Å². The van der Waals surface area contributed by atoms with Crippen LogP contribution in [0.25, 0.3) is 0 Å². The normalized spacial score (nSPS) is 11.3. The Labute approximate surface area is 348 Å². The van der Waals surface area contributed by atoms with Crippen molar-refractivity contribution in [3.63, 3.8) is 0 Å². The van der Waals surface area contributed by atoms with Crippen LogP contribution in [0.15, 0.2) is 79.9 Å². The van der Waals surface area contributed by atoms with Crippen molar-refractivity contribution in [3.8, 4) is 23.0 Å². The summed E-state index contributed by atoms with van der Waals surface area (Å²) in [6.45, 7) is 7.84. The molecule has 61 heavy (non-hydrogen) atoms. The molecule has 0 amide bonds. The van der Waals surface area contributed by atoms with E-state index in [2.05, 4.69) is 13.2 Å². The Bertz CT molecular complexity index is 1930. The number of carbonyl (C=O) groups is 4. The number of hydrogen-bond acceptors (Lipinski definition) is 10. The fourth-order valence-electron chi connectivity index (χ4n) is 5.66. The molecule has 0 bridgehead atoms. The molecule has 0 heterocycles. The minimum absolute atomic E-state index is 0.0196. The van der Waals surface area contributed by atoms with Crippen LogP contribution >= 0.6 is 0 Å². The van der Waals surface area contributed by atoms with Crippen LogP contribution in [0.3, 0.4) is 0 Å². The monoisotopic (exact) mass is 868 g/mol. The molecule has 3 aromatic carbocycles. The molecule has 0 aliphatic rings. The van der Waals surface area contributed by atoms with E-state index < -0.39 is 77.5 Å². The van der Waals surface area contributed by atoms with Crippen molar-refractivity contribution in [2.75, 3.05) is 26.4 Å². The maximum absolute atomic E-state index is 14.8. The molecule has 0 fully saturated rings. The van der Waals surface area contributed by atoms with Crippen LogP contribution in [-0.2, 0) is 53.8 Å². The third kappa shape index (κ3) is 18.1. The zero-order valence-electron chi connectivity index (χ0n) is 33.3. The first-order chi connectivity index (χ1) is 29.0. The molecule has 0 radical (unpaired) electrons. The molecule has 332 valence electrons. The highest BCUT2D eigenvalue weighted by molar-refractivity contribution is 5.81. The van der Waals surface area contributed by atoms with Gasteiger partial charge in [-0.05, 0) is 106 Å². The summed E-state index contributed by atoms with van der Waals surface area (Å²) in [4.78, 5) is 47.3. The van der Waals surface area contributed by atoms with Crippen LogP contribution < -0.4 is 18.9 Å². The molecular weight excluding hydrogens is 821 g/mol. The van der Waals surface area contributed by atoms with Gasteiger partial charge >= 0.3 is 36.2 Å². The molecule has 0 spiro atoms. The lowest BCUT2D eigenvalue weighted by Crippen LogP contribution is -2.22. The maximum atomic E-state index is 14.8. The van der Waals surface area contributed by atoms with Crippen molar-refractivity contribution in [2.45, 2.75) is 89.4 Å². The Hall–Kier alpha value is -5.87. The second kappa shape index (κ2) is 25.0. The molecule has 3 rings (SSSR count). The minimum atomic E-state index is -5.71. The smallest absolute Gasteiger partial charge is 0.420 e. The molecule has 0 unspecified atom stereocenters. The van der Waals surface area contributed by atoms with E-state index >= 15 is 0 Å². The number of unbranched alkanes of at least 4 members (excludes halogenated alkanes) is 6. The van der Waals surface area contributed by atoms with Gasteiger partial charge in [0.05, 0.1) is 32.8 Å². The fraction of sp³-hybridized carbons (Fsp3) is 0.409. The van der Waals surface area contributed by atoms with Gasteiger partial charge in [-0.3, -0.25) is 9.59 Å². The van der Waals surface area contributed by atoms with E-state index in [0.29, 0.717) is 55.9 Å². The molecule has 0 atom stereocenters. The van der Waals surface area contributed by atoms with E-state index in [0.717, 1.165) is 50.3 Å². The quantitative estimate of drug-likeness (QED) is 0.0253. The lowest BCUT2D eigenvalue weighted by atomic mass is 10.0. The third-order valence-electron chi connectivity index (χ3n) is 8.74. The Kier molecular flexibility index (Phi) is 20.3. The summed E-state index contributed by atoms with van der Waals surface area (Å²) in [5.41, 5.74) is -4.18. The number of esters is 4. The molecule has 0 aromatic heterocycles. The third-order valence-corrected chi connectivity index (χ3v) is 8.74. The summed E-state index contributed by atoms with van der Waals surface area (Å²) in [6.07, 6.45) is -4.94. The van der Waals surface area contributed by atoms with Gasteiger partial charge in [-0.2, -0.15) is 26.3 Å². The molecule has 0 aliphatic heterocycles. The topological polar surface area (TPSA) is 124 Å². The Morgan fingerprint density at radius 1 is 0.541 bits per heavy atom. The van der Waals surface area contributed by atoms with Gasteiger partial charge in [0.2, 0.25) is 0 Å². The summed E-state index contributed by atoms with van der Waals surface area (Å²) < 4.78 is 131. The highest BCUT2D eigenvalue weighted by atomic mass is 19.4. The molecule has 10 nitrogen and oxygen atoms in total. The largest absolute Gasteiger partial charge is 0.494 e. The van der Waals surface area contributed by atoms with Crippen LogP contribution in [0, 0.1) is 5.82 Å². The van der Waals surface area contributed by atoms with Crippen LogP contribution in [0.5, 0.6) is 23.0 Å². The summed E-state index contributed by atoms with van der Waals surface area (Å²) in [7, 11) is 0. The van der Waals surface area contributed by atoms with E-state index in [1.165, 1.54) is 12.1 Å². The Morgan fingerprint density at radius 2 is 0.967 bits per heavy atom. The lowest BCUT2D eigenvalue weighted by Gasteiger charge is -2.21. The predicted octanol–water partition coefficient (Wildman–Crippen LogP) is 10.3. The fourth-order valence-corrected chi connectivity index (χ4v) is 5.66. The SMILES string of the molecule is C=CC(=O)OCCCCCCOc1ccc(CCC(=O)Oc2ccc(OC(=O)CCc3ccc(OCCCCCCOC(=O)C=C)cc3F)c(C(F)(F)F)c2C(F)(F)F)cc1. The first-order valence-electron chi connectivity index (χ1n) is 19.5. The van der Waals surface area contributed by atoms with Gasteiger partial charge in [0.25, 0.3) is 0 Å². The average molecular weight is 869 g/mol. The maximum Gasteiger partial charge on any atom is 0.420 e. The van der Waals surface area contributed by atoms with Crippen molar-refractivity contribution in [1.82, 2.24) is 0 Å². The highest BCUT2D eigenvalue weighted by Crippen LogP contribution is 2.49. The number of carbonyl (C=O) groups excluding carboxylic acids is 4. The summed E-state index contributed by atoms with van der Waals surface area (Å²) in [5, 5.41) is 0. The molecule has 3 aromatic rings. The van der Waals surface area contributed by atoms with Crippen LogP contribution in [0.1, 0.15) is 86.5 Å². The number of benzene rings is 3. The zero-order valence-corrected chi connectivity index (χ0v) is 33.3. The van der Waals surface area contributed by atoms with Crippen molar-refractivity contribution >= 4 is 23.9 Å². The summed E-state index contributed by atoms with van der Waals surface area (Å²) >= 11 is 0. The van der Waals surface area contributed by atoms with E-state index in [-0.39, 0.29) is 37.4 Å². The Balaban J connectivity index is 1.52. The van der Waals surface area contributed by atoms with Gasteiger partial charge in [-0.25, -0.2) is 14.0 Å². The number of alkyl halides is 6. The second-order valence-electron chi connectivity index (χ2n) is 13.4. The van der Waals surface area contributed by atoms with Crippen molar-refractivity contribution in [2.24, 2.45) is 0 Å². The highest BCUT2D eigenvalue weighted by Gasteiger charge is 2.49. The summed E-state index contributed by atoms with van der Waals surface area (Å²) in [5.74, 6) is -6.59.